The maximum absolute atomic E-state index is 13.2. The van der Waals surface area contributed by atoms with E-state index in [-0.39, 0.29) is 12.5 Å². The lowest BCUT2D eigenvalue weighted by atomic mass is 9.91. The molecule has 0 radical (unpaired) electrons. The fourth-order valence-corrected chi connectivity index (χ4v) is 4.70. The van der Waals surface area contributed by atoms with Crippen LogP contribution < -0.4 is 15.0 Å². The fourth-order valence-electron chi connectivity index (χ4n) is 4.70. The second kappa shape index (κ2) is 13.0. The molecule has 1 aliphatic heterocycles. The van der Waals surface area contributed by atoms with Crippen molar-refractivity contribution in [1.82, 2.24) is 5.32 Å². The van der Waals surface area contributed by atoms with Crippen molar-refractivity contribution >= 4 is 23.7 Å². The molecule has 0 aromatic heterocycles. The summed E-state index contributed by atoms with van der Waals surface area (Å²) in [5.41, 5.74) is 7.31. The predicted octanol–water partition coefficient (Wildman–Crippen LogP) is 5.42. The average molecular weight is 531 g/mol. The molecule has 0 atom stereocenters. The van der Waals surface area contributed by atoms with E-state index in [9.17, 15) is 14.4 Å². The summed E-state index contributed by atoms with van der Waals surface area (Å²) in [4.78, 5) is 37.2. The van der Waals surface area contributed by atoms with Gasteiger partial charge in [0.25, 0.3) is 0 Å². The van der Waals surface area contributed by atoms with Gasteiger partial charge in [0, 0.05) is 18.7 Å². The molecule has 3 aromatic rings. The summed E-state index contributed by atoms with van der Waals surface area (Å²) in [7, 11) is 0. The zero-order chi connectivity index (χ0) is 27.8. The molecule has 0 spiro atoms. The van der Waals surface area contributed by atoms with Gasteiger partial charge in [-0.2, -0.15) is 0 Å². The smallest absolute Gasteiger partial charge is 0.407 e. The Morgan fingerprint density at radius 2 is 1.77 bits per heavy atom. The third kappa shape index (κ3) is 7.16. The van der Waals surface area contributed by atoms with Crippen molar-refractivity contribution in [1.29, 1.82) is 0 Å². The zero-order valence-corrected chi connectivity index (χ0v) is 22.4. The van der Waals surface area contributed by atoms with Crippen LogP contribution in [0.15, 0.2) is 60.7 Å². The van der Waals surface area contributed by atoms with Crippen LogP contribution in [0.4, 0.5) is 10.5 Å². The SMILES string of the molecule is Cc1cccc(OCCCC(=O)N2CCCc3c(-c4ccc(COC(=O)NCC(=O)O)cc4)cccc32)c1C. The number of nitrogens with one attached hydrogen (secondary N) is 1. The minimum atomic E-state index is -1.13. The van der Waals surface area contributed by atoms with Crippen molar-refractivity contribution in [2.75, 3.05) is 24.6 Å². The summed E-state index contributed by atoms with van der Waals surface area (Å²) < 4.78 is 11.0. The number of carboxylic acid groups (broad SMARTS) is 1. The van der Waals surface area contributed by atoms with Gasteiger partial charge < -0.3 is 24.8 Å². The van der Waals surface area contributed by atoms with Crippen LogP contribution in [0.1, 0.15) is 41.5 Å². The van der Waals surface area contributed by atoms with Crippen LogP contribution in [0, 0.1) is 13.8 Å². The highest BCUT2D eigenvalue weighted by Gasteiger charge is 2.24. The van der Waals surface area contributed by atoms with Gasteiger partial charge in [-0.3, -0.25) is 9.59 Å². The molecule has 8 nitrogen and oxygen atoms in total. The van der Waals surface area contributed by atoms with Crippen molar-refractivity contribution in [2.45, 2.75) is 46.1 Å². The van der Waals surface area contributed by atoms with E-state index in [0.29, 0.717) is 26.0 Å². The van der Waals surface area contributed by atoms with Crippen LogP contribution in [0.2, 0.25) is 0 Å². The summed E-state index contributed by atoms with van der Waals surface area (Å²) in [5.74, 6) is -0.161. The lowest BCUT2D eigenvalue weighted by Crippen LogP contribution is -2.35. The maximum atomic E-state index is 13.2. The topological polar surface area (TPSA) is 105 Å². The first-order valence-electron chi connectivity index (χ1n) is 13.2. The highest BCUT2D eigenvalue weighted by molar-refractivity contribution is 5.96. The van der Waals surface area contributed by atoms with Crippen LogP contribution in [-0.2, 0) is 27.4 Å². The second-order valence-corrected chi connectivity index (χ2v) is 9.62. The molecule has 0 fully saturated rings. The molecule has 204 valence electrons. The zero-order valence-electron chi connectivity index (χ0n) is 22.4. The number of alkyl carbamates (subject to hydrolysis) is 1. The highest BCUT2D eigenvalue weighted by Crippen LogP contribution is 2.36. The Labute approximate surface area is 228 Å². The fraction of sp³-hybridized carbons (Fsp3) is 0.323. The van der Waals surface area contributed by atoms with E-state index < -0.39 is 18.6 Å². The molecule has 0 saturated carbocycles. The van der Waals surface area contributed by atoms with E-state index in [1.165, 1.54) is 5.56 Å². The van der Waals surface area contributed by atoms with Crippen molar-refractivity contribution < 1.29 is 29.0 Å². The number of ether oxygens (including phenoxy) is 2. The van der Waals surface area contributed by atoms with E-state index in [1.54, 1.807) is 0 Å². The van der Waals surface area contributed by atoms with Crippen molar-refractivity contribution in [3.05, 3.63) is 82.9 Å². The first kappa shape index (κ1) is 27.7. The van der Waals surface area contributed by atoms with Crippen LogP contribution in [0.3, 0.4) is 0 Å². The van der Waals surface area contributed by atoms with Gasteiger partial charge in [-0.05, 0) is 78.6 Å². The number of benzene rings is 3. The minimum absolute atomic E-state index is 0.0358. The minimum Gasteiger partial charge on any atom is -0.493 e. The summed E-state index contributed by atoms with van der Waals surface area (Å²) in [5, 5.41) is 10.8. The Bertz CT molecular complexity index is 1340. The number of carboxylic acids is 1. The predicted molar refractivity (Wildman–Crippen MR) is 149 cm³/mol. The lowest BCUT2D eigenvalue weighted by molar-refractivity contribution is -0.135. The normalized spacial score (nSPS) is 12.4. The van der Waals surface area contributed by atoms with E-state index in [1.807, 2.05) is 60.4 Å². The number of fused-ring (bicyclic) bond motifs is 1. The molecule has 2 amide bonds. The molecule has 0 aliphatic carbocycles. The summed E-state index contributed by atoms with van der Waals surface area (Å²) in [6.07, 6.45) is 2.07. The third-order valence-corrected chi connectivity index (χ3v) is 6.92. The second-order valence-electron chi connectivity index (χ2n) is 9.62. The van der Waals surface area contributed by atoms with Gasteiger partial charge >= 0.3 is 12.1 Å². The number of aryl methyl sites for hydroxylation is 1. The van der Waals surface area contributed by atoms with Crippen LogP contribution in [0.5, 0.6) is 5.75 Å². The van der Waals surface area contributed by atoms with Crippen molar-refractivity contribution in [2.24, 2.45) is 0 Å². The lowest BCUT2D eigenvalue weighted by Gasteiger charge is -2.31. The third-order valence-electron chi connectivity index (χ3n) is 6.92. The van der Waals surface area contributed by atoms with E-state index in [2.05, 4.69) is 24.4 Å². The maximum Gasteiger partial charge on any atom is 0.407 e. The Hall–Kier alpha value is -4.33. The van der Waals surface area contributed by atoms with Crippen molar-refractivity contribution in [3.63, 3.8) is 0 Å². The number of nitrogens with zero attached hydrogens (tertiary/aromatic N) is 1. The number of aliphatic carboxylic acids is 1. The molecule has 8 heteroatoms. The molecular formula is C31H34N2O6. The number of rotatable bonds is 10. The Balaban J connectivity index is 1.36. The first-order valence-corrected chi connectivity index (χ1v) is 13.2. The summed E-state index contributed by atoms with van der Waals surface area (Å²) >= 11 is 0. The van der Waals surface area contributed by atoms with E-state index in [0.717, 1.165) is 52.1 Å². The van der Waals surface area contributed by atoms with Gasteiger partial charge in [-0.15, -0.1) is 0 Å². The molecule has 0 bridgehead atoms. The van der Waals surface area contributed by atoms with Gasteiger partial charge in [-0.25, -0.2) is 4.79 Å². The van der Waals surface area contributed by atoms with E-state index >= 15 is 0 Å². The Kier molecular flexibility index (Phi) is 9.20. The highest BCUT2D eigenvalue weighted by atomic mass is 16.5. The quantitative estimate of drug-likeness (QED) is 0.339. The Morgan fingerprint density at radius 3 is 2.54 bits per heavy atom. The van der Waals surface area contributed by atoms with E-state index in [4.69, 9.17) is 14.6 Å². The monoisotopic (exact) mass is 530 g/mol. The van der Waals surface area contributed by atoms with Crippen LogP contribution >= 0.6 is 0 Å². The molecule has 1 aliphatic rings. The molecular weight excluding hydrogens is 496 g/mol. The van der Waals surface area contributed by atoms with Crippen LogP contribution in [0.25, 0.3) is 11.1 Å². The molecule has 1 heterocycles. The number of carbonyl (C=O) groups excluding carboxylic acids is 2. The largest absolute Gasteiger partial charge is 0.493 e. The van der Waals surface area contributed by atoms with Gasteiger partial charge in [0.1, 0.15) is 18.9 Å². The number of hydrogen-bond donors (Lipinski definition) is 2. The number of hydrogen-bond acceptors (Lipinski definition) is 5. The van der Waals surface area contributed by atoms with Gasteiger partial charge in [0.05, 0.1) is 6.61 Å². The summed E-state index contributed by atoms with van der Waals surface area (Å²) in [6, 6.07) is 19.8. The first-order chi connectivity index (χ1) is 18.8. The molecule has 39 heavy (non-hydrogen) atoms. The molecule has 4 rings (SSSR count). The molecule has 3 aromatic carbocycles. The number of amides is 2. The van der Waals surface area contributed by atoms with Gasteiger partial charge in [0.15, 0.2) is 0 Å². The number of anilines is 1. The molecule has 2 N–H and O–H groups in total. The molecule has 0 saturated heterocycles. The van der Waals surface area contributed by atoms with Crippen molar-refractivity contribution in [3.8, 4) is 16.9 Å². The van der Waals surface area contributed by atoms with Crippen LogP contribution in [-0.4, -0.2) is 42.8 Å². The molecule has 0 unspecified atom stereocenters. The standard InChI is InChI=1S/C31H34N2O6/c1-21-7-3-11-28(22(21)2)38-18-6-12-29(34)33-17-5-9-26-25(8-4-10-27(26)33)24-15-13-23(14-16-24)20-39-31(37)32-19-30(35)36/h3-4,7-8,10-11,13-16H,5-6,9,12,17-20H2,1-2H3,(H,32,37)(H,35,36). The Morgan fingerprint density at radius 1 is 1.00 bits per heavy atom. The average Bonchev–Trinajstić information content (AvgIpc) is 2.94. The number of carbonyl (C=O) groups is 3. The van der Waals surface area contributed by atoms with Gasteiger partial charge in [-0.1, -0.05) is 48.5 Å². The van der Waals surface area contributed by atoms with Gasteiger partial charge in [0.2, 0.25) is 5.91 Å². The summed E-state index contributed by atoms with van der Waals surface area (Å²) in [6.45, 7) is 4.85.